The lowest BCUT2D eigenvalue weighted by atomic mass is 10.0. The monoisotopic (exact) mass is 537 g/mol. The van der Waals surface area contributed by atoms with Gasteiger partial charge in [-0.3, -0.25) is 14.4 Å². The third-order valence-electron chi connectivity index (χ3n) is 6.31. The Bertz CT molecular complexity index is 1450. The standard InChI is InChI=1S/C28H28FN3O5S/c1-2-16-30-27(34)24(17-20-10-4-3-5-11-20)31(18-21-12-6-8-14-23(21)29)26(33)19-32-28(35)22-13-7-9-15-25(22)38(32,36)37/h3-15,24H,2,16-19H2,1H3,(H,30,34)/t24-/m0/s1. The Morgan fingerprint density at radius 1 is 0.974 bits per heavy atom. The van der Waals surface area contributed by atoms with Crippen molar-refractivity contribution < 1.29 is 27.2 Å². The van der Waals surface area contributed by atoms with Crippen LogP contribution in [-0.4, -0.2) is 54.5 Å². The summed E-state index contributed by atoms with van der Waals surface area (Å²) in [4.78, 5) is 41.0. The van der Waals surface area contributed by atoms with E-state index in [4.69, 9.17) is 0 Å². The fraction of sp³-hybridized carbons (Fsp3) is 0.250. The lowest BCUT2D eigenvalue weighted by molar-refractivity contribution is -0.141. The summed E-state index contributed by atoms with van der Waals surface area (Å²) < 4.78 is 41.4. The molecule has 3 amide bonds. The zero-order valence-electron chi connectivity index (χ0n) is 20.8. The van der Waals surface area contributed by atoms with E-state index in [1.54, 1.807) is 30.3 Å². The van der Waals surface area contributed by atoms with E-state index in [2.05, 4.69) is 5.32 Å². The summed E-state index contributed by atoms with van der Waals surface area (Å²) in [6, 6.07) is 19.5. The Morgan fingerprint density at radius 2 is 1.63 bits per heavy atom. The van der Waals surface area contributed by atoms with Gasteiger partial charge in [-0.05, 0) is 30.2 Å². The molecule has 1 heterocycles. The first-order chi connectivity index (χ1) is 18.2. The number of nitrogens with zero attached hydrogens (tertiary/aromatic N) is 2. The van der Waals surface area contributed by atoms with Crippen LogP contribution in [0.2, 0.25) is 0 Å². The van der Waals surface area contributed by atoms with E-state index in [0.717, 1.165) is 10.5 Å². The maximum absolute atomic E-state index is 14.7. The number of benzene rings is 3. The third-order valence-corrected chi connectivity index (χ3v) is 8.10. The van der Waals surface area contributed by atoms with Gasteiger partial charge in [0.05, 0.1) is 5.56 Å². The van der Waals surface area contributed by atoms with Gasteiger partial charge in [-0.25, -0.2) is 17.1 Å². The molecule has 3 aromatic carbocycles. The Morgan fingerprint density at radius 3 is 2.32 bits per heavy atom. The van der Waals surface area contributed by atoms with Crippen LogP contribution < -0.4 is 5.32 Å². The molecule has 1 aliphatic rings. The predicted octanol–water partition coefficient (Wildman–Crippen LogP) is 3.14. The third kappa shape index (κ3) is 5.60. The maximum Gasteiger partial charge on any atom is 0.269 e. The molecular weight excluding hydrogens is 509 g/mol. The molecule has 8 nitrogen and oxygen atoms in total. The van der Waals surface area contributed by atoms with Gasteiger partial charge in [0, 0.05) is 25.1 Å². The minimum atomic E-state index is -4.26. The van der Waals surface area contributed by atoms with E-state index in [-0.39, 0.29) is 29.0 Å². The second kappa shape index (κ2) is 11.6. The smallest absolute Gasteiger partial charge is 0.269 e. The van der Waals surface area contributed by atoms with Crippen LogP contribution in [0, 0.1) is 5.82 Å². The van der Waals surface area contributed by atoms with E-state index < -0.39 is 46.1 Å². The highest BCUT2D eigenvalue weighted by molar-refractivity contribution is 7.90. The van der Waals surface area contributed by atoms with E-state index in [0.29, 0.717) is 17.3 Å². The molecular formula is C28H28FN3O5S. The largest absolute Gasteiger partial charge is 0.354 e. The summed E-state index contributed by atoms with van der Waals surface area (Å²) >= 11 is 0. The number of hydrogen-bond donors (Lipinski definition) is 1. The van der Waals surface area contributed by atoms with Crippen molar-refractivity contribution in [2.24, 2.45) is 0 Å². The Kier molecular flexibility index (Phi) is 8.21. The molecule has 0 bridgehead atoms. The van der Waals surface area contributed by atoms with Gasteiger partial charge < -0.3 is 10.2 Å². The number of carbonyl (C=O) groups excluding carboxylic acids is 3. The molecule has 0 saturated heterocycles. The van der Waals surface area contributed by atoms with Crippen LogP contribution in [0.3, 0.4) is 0 Å². The summed E-state index contributed by atoms with van der Waals surface area (Å²) in [7, 11) is -4.26. The summed E-state index contributed by atoms with van der Waals surface area (Å²) in [5.41, 5.74) is 0.885. The van der Waals surface area contributed by atoms with Crippen LogP contribution >= 0.6 is 0 Å². The molecule has 0 fully saturated rings. The highest BCUT2D eigenvalue weighted by Crippen LogP contribution is 2.30. The van der Waals surface area contributed by atoms with Crippen LogP contribution in [0.5, 0.6) is 0 Å². The SMILES string of the molecule is CCCNC(=O)[C@H](Cc1ccccc1)N(Cc1ccccc1F)C(=O)CN1C(=O)c2ccccc2S1(=O)=O. The summed E-state index contributed by atoms with van der Waals surface area (Å²) in [5.74, 6) is -2.66. The number of halogens is 1. The van der Waals surface area contributed by atoms with Gasteiger partial charge in [-0.2, -0.15) is 0 Å². The highest BCUT2D eigenvalue weighted by atomic mass is 32.2. The zero-order valence-corrected chi connectivity index (χ0v) is 21.7. The molecule has 3 aromatic rings. The lowest BCUT2D eigenvalue weighted by Crippen LogP contribution is -2.53. The van der Waals surface area contributed by atoms with E-state index in [1.807, 2.05) is 13.0 Å². The quantitative estimate of drug-likeness (QED) is 0.428. The number of sulfonamides is 1. The Hall–Kier alpha value is -4.05. The van der Waals surface area contributed by atoms with Gasteiger partial charge in [0.15, 0.2) is 0 Å². The molecule has 0 aliphatic carbocycles. The number of rotatable bonds is 10. The van der Waals surface area contributed by atoms with Crippen molar-refractivity contribution in [1.82, 2.24) is 14.5 Å². The van der Waals surface area contributed by atoms with Crippen molar-refractivity contribution >= 4 is 27.7 Å². The number of nitrogens with one attached hydrogen (secondary N) is 1. The normalized spacial score (nSPS) is 14.6. The first-order valence-corrected chi connectivity index (χ1v) is 13.7. The molecule has 0 unspecified atom stereocenters. The second-order valence-electron chi connectivity index (χ2n) is 8.92. The van der Waals surface area contributed by atoms with Gasteiger partial charge in [0.25, 0.3) is 15.9 Å². The van der Waals surface area contributed by atoms with Crippen molar-refractivity contribution in [2.45, 2.75) is 37.2 Å². The van der Waals surface area contributed by atoms with Crippen LogP contribution in [0.1, 0.15) is 34.8 Å². The second-order valence-corrected chi connectivity index (χ2v) is 10.8. The lowest BCUT2D eigenvalue weighted by Gasteiger charge is -2.32. The molecule has 1 aliphatic heterocycles. The zero-order chi connectivity index (χ0) is 27.3. The summed E-state index contributed by atoms with van der Waals surface area (Å²) in [6.45, 7) is 1.13. The van der Waals surface area contributed by atoms with E-state index in [1.165, 1.54) is 42.5 Å². The number of amides is 3. The average Bonchev–Trinajstić information content (AvgIpc) is 3.11. The first kappa shape index (κ1) is 27.0. The molecule has 1 N–H and O–H groups in total. The minimum absolute atomic E-state index is 0.0255. The predicted molar refractivity (Wildman–Crippen MR) is 139 cm³/mol. The van der Waals surface area contributed by atoms with Crippen molar-refractivity contribution in [1.29, 1.82) is 0 Å². The van der Waals surface area contributed by atoms with Crippen molar-refractivity contribution in [2.75, 3.05) is 13.1 Å². The minimum Gasteiger partial charge on any atom is -0.354 e. The Balaban J connectivity index is 1.71. The highest BCUT2D eigenvalue weighted by Gasteiger charge is 2.43. The molecule has 1 atom stereocenters. The number of fused-ring (bicyclic) bond motifs is 1. The fourth-order valence-corrected chi connectivity index (χ4v) is 5.85. The first-order valence-electron chi connectivity index (χ1n) is 12.2. The van der Waals surface area contributed by atoms with Crippen molar-refractivity contribution in [3.63, 3.8) is 0 Å². The van der Waals surface area contributed by atoms with Gasteiger partial charge in [-0.15, -0.1) is 0 Å². The molecule has 0 aromatic heterocycles. The topological polar surface area (TPSA) is 104 Å². The molecule has 10 heteroatoms. The van der Waals surface area contributed by atoms with Gasteiger partial charge in [-0.1, -0.05) is 67.6 Å². The molecule has 0 spiro atoms. The molecule has 38 heavy (non-hydrogen) atoms. The summed E-state index contributed by atoms with van der Waals surface area (Å²) in [5, 5.41) is 2.80. The van der Waals surface area contributed by atoms with Crippen molar-refractivity contribution in [3.05, 3.63) is 101 Å². The van der Waals surface area contributed by atoms with Gasteiger partial charge in [0.1, 0.15) is 23.3 Å². The van der Waals surface area contributed by atoms with E-state index >= 15 is 0 Å². The van der Waals surface area contributed by atoms with Gasteiger partial charge >= 0.3 is 0 Å². The molecule has 198 valence electrons. The number of hydrogen-bond acceptors (Lipinski definition) is 5. The molecule has 0 saturated carbocycles. The summed E-state index contributed by atoms with van der Waals surface area (Å²) in [6.07, 6.45) is 0.765. The van der Waals surface area contributed by atoms with Crippen LogP contribution in [0.15, 0.2) is 83.8 Å². The van der Waals surface area contributed by atoms with E-state index in [9.17, 15) is 27.2 Å². The van der Waals surface area contributed by atoms with Crippen molar-refractivity contribution in [3.8, 4) is 0 Å². The molecule has 4 rings (SSSR count). The maximum atomic E-state index is 14.7. The van der Waals surface area contributed by atoms with Gasteiger partial charge in [0.2, 0.25) is 11.8 Å². The fourth-order valence-electron chi connectivity index (χ4n) is 4.33. The number of carbonyl (C=O) groups is 3. The van der Waals surface area contributed by atoms with Crippen LogP contribution in [0.4, 0.5) is 4.39 Å². The van der Waals surface area contributed by atoms with Crippen LogP contribution in [0.25, 0.3) is 0 Å². The average molecular weight is 538 g/mol. The van der Waals surface area contributed by atoms with Crippen LogP contribution in [-0.2, 0) is 32.6 Å². The Labute approximate surface area is 221 Å². The molecule has 0 radical (unpaired) electrons.